The molecule has 3 amide bonds. The van der Waals surface area contributed by atoms with Crippen LogP contribution in [0.1, 0.15) is 6.92 Å². The molecule has 1 saturated heterocycles. The molecule has 134 valence electrons. The highest BCUT2D eigenvalue weighted by Crippen LogP contribution is 2.30. The molecule has 0 aliphatic carbocycles. The van der Waals surface area contributed by atoms with Gasteiger partial charge in [0.2, 0.25) is 0 Å². The molecule has 0 aromatic heterocycles. The number of amides is 3. The van der Waals surface area contributed by atoms with E-state index >= 15 is 0 Å². The van der Waals surface area contributed by atoms with Gasteiger partial charge < -0.3 is 15.3 Å². The molecular formula is C12H13F4N3O5. The Morgan fingerprint density at radius 1 is 1.50 bits per heavy atom. The molecule has 0 aromatic carbocycles. The van der Waals surface area contributed by atoms with Crippen LogP contribution in [0, 0.1) is 0 Å². The van der Waals surface area contributed by atoms with E-state index in [1.807, 2.05) is 0 Å². The molecule has 2 rings (SSSR count). The first-order valence-corrected chi connectivity index (χ1v) is 6.69. The first-order valence-electron chi connectivity index (χ1n) is 6.69. The lowest BCUT2D eigenvalue weighted by Crippen LogP contribution is -2.49. The number of nitrogens with one attached hydrogen (secondary N) is 1. The van der Waals surface area contributed by atoms with Gasteiger partial charge in [-0.05, 0) is 6.92 Å². The van der Waals surface area contributed by atoms with Gasteiger partial charge in [-0.1, -0.05) is 11.6 Å². The summed E-state index contributed by atoms with van der Waals surface area (Å²) in [4.78, 5) is 39.0. The fraction of sp³-hybridized carbons (Fsp3) is 0.583. The number of alkyl halides is 4. The largest absolute Gasteiger partial charge is 0.477 e. The van der Waals surface area contributed by atoms with Crippen molar-refractivity contribution in [2.24, 2.45) is 0 Å². The zero-order chi connectivity index (χ0) is 18.2. The van der Waals surface area contributed by atoms with Gasteiger partial charge in [-0.15, -0.1) is 0 Å². The van der Waals surface area contributed by atoms with Crippen molar-refractivity contribution in [3.8, 4) is 0 Å². The van der Waals surface area contributed by atoms with Gasteiger partial charge in [0.1, 0.15) is 0 Å². The lowest BCUT2D eigenvalue weighted by molar-refractivity contribution is -0.219. The highest BCUT2D eigenvalue weighted by molar-refractivity contribution is 5.82. The maximum absolute atomic E-state index is 13.2. The predicted octanol–water partition coefficient (Wildman–Crippen LogP) is 0.411. The molecule has 1 fully saturated rings. The van der Waals surface area contributed by atoms with Crippen LogP contribution in [0.5, 0.6) is 0 Å². The van der Waals surface area contributed by atoms with Crippen molar-refractivity contribution in [2.75, 3.05) is 13.1 Å². The molecule has 0 aromatic rings. The van der Waals surface area contributed by atoms with Crippen LogP contribution in [0.4, 0.5) is 22.4 Å². The van der Waals surface area contributed by atoms with Crippen molar-refractivity contribution in [3.05, 3.63) is 11.6 Å². The van der Waals surface area contributed by atoms with Gasteiger partial charge in [0, 0.05) is 13.1 Å². The second-order valence-electron chi connectivity index (χ2n) is 5.22. The fourth-order valence-corrected chi connectivity index (χ4v) is 2.49. The highest BCUT2D eigenvalue weighted by atomic mass is 19.4. The number of urea groups is 1. The number of hydroxylamine groups is 2. The van der Waals surface area contributed by atoms with Crippen LogP contribution >= 0.6 is 0 Å². The van der Waals surface area contributed by atoms with Crippen molar-refractivity contribution in [1.29, 1.82) is 0 Å². The molecule has 8 nitrogen and oxygen atoms in total. The molecule has 24 heavy (non-hydrogen) atoms. The summed E-state index contributed by atoms with van der Waals surface area (Å²) in [6, 6.07) is -2.55. The van der Waals surface area contributed by atoms with Crippen molar-refractivity contribution in [2.45, 2.75) is 31.5 Å². The molecule has 3 atom stereocenters. The van der Waals surface area contributed by atoms with E-state index < -0.39 is 49.1 Å². The molecule has 0 radical (unpaired) electrons. The van der Waals surface area contributed by atoms with Crippen LogP contribution in [-0.4, -0.2) is 70.7 Å². The van der Waals surface area contributed by atoms with E-state index in [2.05, 4.69) is 4.84 Å². The van der Waals surface area contributed by atoms with E-state index in [1.54, 1.807) is 5.32 Å². The minimum absolute atomic E-state index is 0.0327. The van der Waals surface area contributed by atoms with Crippen LogP contribution in [0.25, 0.3) is 0 Å². The number of nitrogens with zero attached hydrogens (tertiary/aromatic N) is 2. The second kappa shape index (κ2) is 6.26. The fourth-order valence-electron chi connectivity index (χ4n) is 2.49. The highest BCUT2D eigenvalue weighted by Gasteiger charge is 2.47. The van der Waals surface area contributed by atoms with Crippen molar-refractivity contribution >= 4 is 17.9 Å². The van der Waals surface area contributed by atoms with Gasteiger partial charge in [0.15, 0.2) is 0 Å². The van der Waals surface area contributed by atoms with E-state index in [0.717, 1.165) is 4.90 Å². The molecule has 2 bridgehead atoms. The number of halogens is 4. The Labute approximate surface area is 132 Å². The maximum Gasteiger partial charge on any atom is 0.471 e. The minimum Gasteiger partial charge on any atom is -0.477 e. The number of fused-ring (bicyclic) bond motifs is 2. The normalized spacial score (nSPS) is 24.7. The van der Waals surface area contributed by atoms with Gasteiger partial charge >= 0.3 is 30.4 Å². The predicted molar refractivity (Wildman–Crippen MR) is 68.0 cm³/mol. The molecule has 0 spiro atoms. The molecule has 0 unspecified atom stereocenters. The van der Waals surface area contributed by atoms with Crippen LogP contribution in [0.15, 0.2) is 11.6 Å². The van der Waals surface area contributed by atoms with Gasteiger partial charge in [0.05, 0.1) is 12.1 Å². The standard InChI is InChI=1S/C12H13F4N3O5/c1-5-2-6-4-18(7(5)3-17-10(22)12(14,15)16)11(23)19(6)24-8(13)9(20)21/h2,6-8H,3-4H2,1H3,(H,17,22)(H,20,21)/t6-,7+,8+/m0/s1. The molecule has 2 aliphatic rings. The average molecular weight is 355 g/mol. The van der Waals surface area contributed by atoms with Crippen molar-refractivity contribution in [3.63, 3.8) is 0 Å². The Kier molecular flexibility index (Phi) is 4.69. The summed E-state index contributed by atoms with van der Waals surface area (Å²) in [5, 5.41) is 10.7. The summed E-state index contributed by atoms with van der Waals surface area (Å²) in [7, 11) is 0. The van der Waals surface area contributed by atoms with Gasteiger partial charge in [-0.3, -0.25) is 4.79 Å². The first-order chi connectivity index (χ1) is 11.0. The third-order valence-corrected chi connectivity index (χ3v) is 3.59. The second-order valence-corrected chi connectivity index (χ2v) is 5.22. The molecule has 2 N–H and O–H groups in total. The topological polar surface area (TPSA) is 99.2 Å². The number of hydrogen-bond donors (Lipinski definition) is 2. The lowest BCUT2D eigenvalue weighted by atomic mass is 10.0. The third kappa shape index (κ3) is 3.42. The maximum atomic E-state index is 13.2. The number of carbonyl (C=O) groups excluding carboxylic acids is 2. The Balaban J connectivity index is 2.07. The van der Waals surface area contributed by atoms with E-state index in [1.165, 1.54) is 13.0 Å². The number of aliphatic carboxylic acids is 1. The van der Waals surface area contributed by atoms with Crippen LogP contribution < -0.4 is 5.32 Å². The lowest BCUT2D eigenvalue weighted by Gasteiger charge is -2.30. The molecule has 2 aliphatic heterocycles. The molecule has 12 heteroatoms. The van der Waals surface area contributed by atoms with E-state index in [0.29, 0.717) is 10.6 Å². The van der Waals surface area contributed by atoms with Crippen molar-refractivity contribution < 1.29 is 41.9 Å². The number of carbonyl (C=O) groups is 3. The van der Waals surface area contributed by atoms with Gasteiger partial charge in [-0.2, -0.15) is 18.2 Å². The summed E-state index contributed by atoms with van der Waals surface area (Å²) in [6.45, 7) is 0.991. The first kappa shape index (κ1) is 18.0. The Hall–Kier alpha value is -2.37. The zero-order valence-electron chi connectivity index (χ0n) is 12.2. The smallest absolute Gasteiger partial charge is 0.471 e. The van der Waals surface area contributed by atoms with E-state index in [-0.39, 0.29) is 6.54 Å². The SMILES string of the molecule is CC1=C[C@H]2CN(C(=O)N2O[C@@H](F)C(=O)O)[C@@H]1CNC(=O)C(F)(F)F. The average Bonchev–Trinajstić information content (AvgIpc) is 2.71. The monoisotopic (exact) mass is 355 g/mol. The number of carboxylic acid groups (broad SMARTS) is 1. The minimum atomic E-state index is -5.05. The summed E-state index contributed by atoms with van der Waals surface area (Å²) in [6.07, 6.45) is -6.37. The van der Waals surface area contributed by atoms with E-state index in [4.69, 9.17) is 5.11 Å². The Bertz CT molecular complexity index is 594. The van der Waals surface area contributed by atoms with Crippen molar-refractivity contribution in [1.82, 2.24) is 15.3 Å². The number of rotatable bonds is 5. The Morgan fingerprint density at radius 3 is 2.67 bits per heavy atom. The number of hydrogen-bond acceptors (Lipinski definition) is 4. The summed E-state index contributed by atoms with van der Waals surface area (Å²) in [5.41, 5.74) is 0.457. The quantitative estimate of drug-likeness (QED) is 0.550. The molecular weight excluding hydrogens is 342 g/mol. The zero-order valence-corrected chi connectivity index (χ0v) is 12.2. The Morgan fingerprint density at radius 2 is 2.12 bits per heavy atom. The van der Waals surface area contributed by atoms with E-state index in [9.17, 15) is 31.9 Å². The summed E-state index contributed by atoms with van der Waals surface area (Å²) >= 11 is 0. The molecule has 0 saturated carbocycles. The number of carboxylic acids is 1. The molecule has 2 heterocycles. The van der Waals surface area contributed by atoms with Gasteiger partial charge in [-0.25, -0.2) is 18.8 Å². The van der Waals surface area contributed by atoms with Crippen LogP contribution in [-0.2, 0) is 14.4 Å². The van der Waals surface area contributed by atoms with Crippen LogP contribution in [0.3, 0.4) is 0 Å². The van der Waals surface area contributed by atoms with Crippen LogP contribution in [0.2, 0.25) is 0 Å². The van der Waals surface area contributed by atoms with Gasteiger partial charge in [0.25, 0.3) is 0 Å². The summed E-state index contributed by atoms with van der Waals surface area (Å²) < 4.78 is 49.8. The summed E-state index contributed by atoms with van der Waals surface area (Å²) in [5.74, 6) is -4.07. The third-order valence-electron chi connectivity index (χ3n) is 3.59.